The van der Waals surface area contributed by atoms with Crippen LogP contribution in [0.5, 0.6) is 0 Å². The lowest BCUT2D eigenvalue weighted by atomic mass is 9.70. The summed E-state index contributed by atoms with van der Waals surface area (Å²) in [6.07, 6.45) is 6.95. The molecule has 0 bridgehead atoms. The molecule has 2 fully saturated rings. The lowest BCUT2D eigenvalue weighted by molar-refractivity contribution is -0.179. The number of cyclic esters (lactones) is 1. The number of aliphatic hydroxyl groups is 1. The van der Waals surface area contributed by atoms with E-state index >= 15 is 0 Å². The molecule has 0 amide bonds. The molecule has 5 nitrogen and oxygen atoms in total. The maximum atomic E-state index is 13.7. The number of anilines is 1. The molecule has 1 aromatic carbocycles. The SMILES string of the molecule is Cc1cc(SC2C(=O)CC(CCc3ccsc3CO)(C3CCCCC3)OC2=O)c(C(C)(C)C)cc1N. The Hall–Kier alpha value is -1.83. The van der Waals surface area contributed by atoms with Crippen molar-refractivity contribution >= 4 is 40.5 Å². The third-order valence-corrected chi connectivity index (χ3v) is 10.1. The third kappa shape index (κ3) is 5.68. The minimum Gasteiger partial charge on any atom is -0.457 e. The first-order chi connectivity index (χ1) is 17.0. The number of ketones is 1. The highest BCUT2D eigenvalue weighted by atomic mass is 32.2. The standard InChI is InChI=1S/C29H39NO4S2/c1-18-14-24(21(15-22(18)30)28(2,3)4)36-26-23(32)16-29(34-27(26)33,20-8-6-5-7-9-20)12-10-19-11-13-35-25(19)17-31/h11,13-15,20,26,31H,5-10,12,16-17,30H2,1-4H3. The number of benzene rings is 1. The smallest absolute Gasteiger partial charge is 0.327 e. The van der Waals surface area contributed by atoms with Gasteiger partial charge in [0.05, 0.1) is 6.61 Å². The van der Waals surface area contributed by atoms with E-state index in [1.54, 1.807) is 11.3 Å². The number of esters is 1. The van der Waals surface area contributed by atoms with Gasteiger partial charge >= 0.3 is 5.97 Å². The van der Waals surface area contributed by atoms with E-state index in [4.69, 9.17) is 10.5 Å². The van der Waals surface area contributed by atoms with Gasteiger partial charge in [-0.2, -0.15) is 0 Å². The Balaban J connectivity index is 1.60. The molecule has 0 radical (unpaired) electrons. The summed E-state index contributed by atoms with van der Waals surface area (Å²) >= 11 is 2.86. The second kappa shape index (κ2) is 10.9. The first-order valence-electron chi connectivity index (χ1n) is 13.0. The molecule has 7 heteroatoms. The molecule has 1 saturated carbocycles. The van der Waals surface area contributed by atoms with Crippen molar-refractivity contribution in [2.24, 2.45) is 5.92 Å². The Morgan fingerprint density at radius 3 is 2.56 bits per heavy atom. The van der Waals surface area contributed by atoms with Gasteiger partial charge in [0.2, 0.25) is 0 Å². The van der Waals surface area contributed by atoms with Crippen LogP contribution < -0.4 is 5.73 Å². The van der Waals surface area contributed by atoms with Gasteiger partial charge in [-0.3, -0.25) is 9.59 Å². The fourth-order valence-electron chi connectivity index (χ4n) is 5.71. The largest absolute Gasteiger partial charge is 0.457 e. The van der Waals surface area contributed by atoms with E-state index < -0.39 is 16.8 Å². The molecular weight excluding hydrogens is 490 g/mol. The van der Waals surface area contributed by atoms with E-state index in [2.05, 4.69) is 20.8 Å². The number of ether oxygens (including phenoxy) is 1. The number of thioether (sulfide) groups is 1. The van der Waals surface area contributed by atoms with Gasteiger partial charge in [-0.15, -0.1) is 23.1 Å². The number of hydrogen-bond acceptors (Lipinski definition) is 7. The molecule has 2 atom stereocenters. The van der Waals surface area contributed by atoms with Crippen LogP contribution in [0.15, 0.2) is 28.5 Å². The predicted octanol–water partition coefficient (Wildman–Crippen LogP) is 6.36. The molecule has 4 rings (SSSR count). The van der Waals surface area contributed by atoms with Crippen LogP contribution in [0.3, 0.4) is 0 Å². The molecule has 3 N–H and O–H groups in total. The highest BCUT2D eigenvalue weighted by Gasteiger charge is 2.51. The third-order valence-electron chi connectivity index (χ3n) is 7.85. The Labute approximate surface area is 223 Å². The number of aliphatic hydroxyl groups excluding tert-OH is 1. The number of nitrogen functional groups attached to an aromatic ring is 1. The number of hydrogen-bond donors (Lipinski definition) is 2. The Kier molecular flexibility index (Phi) is 8.22. The van der Waals surface area contributed by atoms with Gasteiger partial charge < -0.3 is 15.6 Å². The van der Waals surface area contributed by atoms with Crippen molar-refractivity contribution in [2.75, 3.05) is 5.73 Å². The topological polar surface area (TPSA) is 89.6 Å². The molecule has 1 aliphatic heterocycles. The number of carbonyl (C=O) groups excluding carboxylic acids is 2. The predicted molar refractivity (Wildman–Crippen MR) is 148 cm³/mol. The number of nitrogens with two attached hydrogens (primary N) is 1. The van der Waals surface area contributed by atoms with Gasteiger partial charge in [-0.05, 0) is 84.2 Å². The maximum absolute atomic E-state index is 13.7. The second-order valence-electron chi connectivity index (χ2n) is 11.4. The highest BCUT2D eigenvalue weighted by molar-refractivity contribution is 8.01. The van der Waals surface area contributed by atoms with Crippen LogP contribution in [-0.4, -0.2) is 27.7 Å². The van der Waals surface area contributed by atoms with Crippen LogP contribution in [-0.2, 0) is 32.8 Å². The summed E-state index contributed by atoms with van der Waals surface area (Å²) in [6, 6.07) is 6.01. The van der Waals surface area contributed by atoms with Crippen molar-refractivity contribution in [2.45, 2.75) is 107 Å². The zero-order chi connectivity index (χ0) is 26.1. The van der Waals surface area contributed by atoms with E-state index in [0.717, 1.165) is 52.1 Å². The number of carbonyl (C=O) groups is 2. The van der Waals surface area contributed by atoms with E-state index in [-0.39, 0.29) is 30.1 Å². The molecule has 2 heterocycles. The normalized spacial score (nSPS) is 23.6. The Morgan fingerprint density at radius 1 is 1.19 bits per heavy atom. The molecule has 2 aliphatic rings. The van der Waals surface area contributed by atoms with Crippen molar-refractivity contribution in [3.8, 4) is 0 Å². The molecule has 1 saturated heterocycles. The van der Waals surface area contributed by atoms with Gasteiger partial charge in [0.15, 0.2) is 11.0 Å². The van der Waals surface area contributed by atoms with Gasteiger partial charge in [0, 0.05) is 21.9 Å². The average molecular weight is 530 g/mol. The van der Waals surface area contributed by atoms with Crippen LogP contribution >= 0.6 is 23.1 Å². The lowest BCUT2D eigenvalue weighted by Gasteiger charge is -2.45. The first-order valence-corrected chi connectivity index (χ1v) is 14.8. The summed E-state index contributed by atoms with van der Waals surface area (Å²) < 4.78 is 6.36. The Bertz CT molecular complexity index is 1090. The molecule has 0 spiro atoms. The summed E-state index contributed by atoms with van der Waals surface area (Å²) in [7, 11) is 0. The minimum absolute atomic E-state index is 0.0119. The molecule has 1 aromatic heterocycles. The second-order valence-corrected chi connectivity index (χ2v) is 13.6. The van der Waals surface area contributed by atoms with Crippen molar-refractivity contribution in [3.63, 3.8) is 0 Å². The minimum atomic E-state index is -0.861. The van der Waals surface area contributed by atoms with E-state index in [1.807, 2.05) is 30.5 Å². The lowest BCUT2D eigenvalue weighted by Crippen LogP contribution is -2.54. The van der Waals surface area contributed by atoms with Crippen LogP contribution in [0.25, 0.3) is 0 Å². The zero-order valence-corrected chi connectivity index (χ0v) is 23.5. The van der Waals surface area contributed by atoms with Gasteiger partial charge in [-0.25, -0.2) is 0 Å². The van der Waals surface area contributed by atoms with Crippen molar-refractivity contribution in [1.29, 1.82) is 0 Å². The number of rotatable bonds is 7. The monoisotopic (exact) mass is 529 g/mol. The van der Waals surface area contributed by atoms with E-state index in [1.165, 1.54) is 18.2 Å². The summed E-state index contributed by atoms with van der Waals surface area (Å²) in [4.78, 5) is 29.1. The molecule has 1 aliphatic carbocycles. The van der Waals surface area contributed by atoms with Crippen LogP contribution in [0.2, 0.25) is 0 Å². The zero-order valence-electron chi connectivity index (χ0n) is 21.9. The molecule has 36 heavy (non-hydrogen) atoms. The molecule has 2 unspecified atom stereocenters. The van der Waals surface area contributed by atoms with Gasteiger partial charge in [0.25, 0.3) is 0 Å². The van der Waals surface area contributed by atoms with E-state index in [0.29, 0.717) is 18.5 Å². The summed E-state index contributed by atoms with van der Waals surface area (Å²) in [5.41, 5.74) is 9.05. The molecule has 2 aromatic rings. The van der Waals surface area contributed by atoms with Gasteiger partial charge in [0.1, 0.15) is 5.60 Å². The van der Waals surface area contributed by atoms with Crippen LogP contribution in [0, 0.1) is 12.8 Å². The summed E-state index contributed by atoms with van der Waals surface area (Å²) in [5, 5.41) is 10.8. The Morgan fingerprint density at radius 2 is 1.92 bits per heavy atom. The number of Topliss-reactive ketones (excluding diaryl/α,β-unsaturated/α-hetero) is 1. The van der Waals surface area contributed by atoms with E-state index in [9.17, 15) is 14.7 Å². The summed E-state index contributed by atoms with van der Waals surface area (Å²) in [6.45, 7) is 8.30. The summed E-state index contributed by atoms with van der Waals surface area (Å²) in [5.74, 6) is -0.252. The highest BCUT2D eigenvalue weighted by Crippen LogP contribution is 2.46. The maximum Gasteiger partial charge on any atom is 0.327 e. The number of thiophene rings is 1. The fraction of sp³-hybridized carbons (Fsp3) is 0.586. The first kappa shape index (κ1) is 27.2. The molecule has 196 valence electrons. The van der Waals surface area contributed by atoms with Gasteiger partial charge in [-0.1, -0.05) is 40.0 Å². The number of aryl methyl sites for hydroxylation is 2. The quantitative estimate of drug-likeness (QED) is 0.247. The fourth-order valence-corrected chi connectivity index (χ4v) is 7.85. The molecular formula is C29H39NO4S2. The van der Waals surface area contributed by atoms with Crippen LogP contribution in [0.4, 0.5) is 5.69 Å². The average Bonchev–Trinajstić information content (AvgIpc) is 3.29. The van der Waals surface area contributed by atoms with Crippen molar-refractivity contribution in [3.05, 3.63) is 45.1 Å². The van der Waals surface area contributed by atoms with Crippen molar-refractivity contribution in [1.82, 2.24) is 0 Å². The van der Waals surface area contributed by atoms with Crippen molar-refractivity contribution < 1.29 is 19.4 Å². The van der Waals surface area contributed by atoms with Crippen LogP contribution in [0.1, 0.15) is 87.3 Å².